The van der Waals surface area contributed by atoms with E-state index < -0.39 is 69.3 Å². The number of aliphatic hydroxyl groups is 2. The van der Waals surface area contributed by atoms with Crippen molar-refractivity contribution in [2.75, 3.05) is 83.6 Å². The number of nitrogens with zero attached hydrogens (tertiary/aromatic N) is 3. The zero-order valence-corrected chi connectivity index (χ0v) is 40.3. The Morgan fingerprint density at radius 3 is 1.56 bits per heavy atom. The first kappa shape index (κ1) is 50.9. The molecule has 5 aromatic rings. The van der Waals surface area contributed by atoms with Gasteiger partial charge < -0.3 is 50.6 Å². The van der Waals surface area contributed by atoms with Crippen LogP contribution in [0.2, 0.25) is 0 Å². The van der Waals surface area contributed by atoms with Crippen molar-refractivity contribution in [3.63, 3.8) is 0 Å². The van der Waals surface area contributed by atoms with Crippen LogP contribution < -0.4 is 21.3 Å². The summed E-state index contributed by atoms with van der Waals surface area (Å²) in [7, 11) is 4.03. The summed E-state index contributed by atoms with van der Waals surface area (Å²) in [5.74, 6) is -6.53. The smallest absolute Gasteiger partial charge is 0.256 e. The zero-order valence-electron chi connectivity index (χ0n) is 36.0. The Morgan fingerprint density at radius 2 is 1.14 bits per heavy atom. The van der Waals surface area contributed by atoms with Crippen LogP contribution in [-0.2, 0) is 6.42 Å². The maximum atomic E-state index is 14.6. The first-order valence-electron chi connectivity index (χ1n) is 20.9. The summed E-state index contributed by atoms with van der Waals surface area (Å²) in [5.41, 5.74) is -3.55. The molecule has 2 aliphatic heterocycles. The molecule has 2 amide bonds. The van der Waals surface area contributed by atoms with Crippen molar-refractivity contribution in [2.24, 2.45) is 0 Å². The highest BCUT2D eigenvalue weighted by atomic mass is 127. The van der Waals surface area contributed by atoms with E-state index in [0.717, 1.165) is 56.0 Å². The molecule has 4 aromatic carbocycles. The SMILES string of the molecule is CN(C)CCCCNCC1(O)CN(C(=O)c2ccc(F)c(F)c2Nc2ccc(I)cc2F)C1.O=C(c1ccc(F)c(F)c1Nc1ccc(I)cc1F)N1CC(O)(CNCCc2ccco2)C1. The van der Waals surface area contributed by atoms with Crippen molar-refractivity contribution in [1.29, 1.82) is 0 Å². The summed E-state index contributed by atoms with van der Waals surface area (Å²) in [6.45, 7) is 3.09. The number of halogens is 8. The molecule has 0 bridgehead atoms. The molecule has 20 heteroatoms. The number of β-amino-alcohol motifs (C(OH)–C–C–N with tert-alkyl or cyclic N) is 2. The molecule has 0 unspecified atom stereocenters. The standard InChI is InChI=1S/C23H28F3IN4O2.C23H21F3IN3O3/c1-30(2)10-4-3-9-28-12-23(33)13-31(14-23)22(32)16-6-7-17(24)20(26)21(16)29-19-8-5-15(27)11-18(19)25;24-17-5-4-16(21(20(17)26)29-19-6-3-14(27)10-18(19)25)22(31)30-12-23(32,13-30)11-28-8-7-15-2-1-9-33-15/h5-8,11,28-29,33H,3-4,9-10,12-14H2,1-2H3;1-6,9-10,28-29,32H,7-8,11-13H2. The Labute approximate surface area is 405 Å². The number of hydrogen-bond donors (Lipinski definition) is 6. The van der Waals surface area contributed by atoms with Crippen LogP contribution >= 0.6 is 45.2 Å². The van der Waals surface area contributed by atoms with Crippen LogP contribution in [-0.4, -0.2) is 121 Å². The van der Waals surface area contributed by atoms with Crippen LogP contribution in [0.3, 0.4) is 0 Å². The minimum absolute atomic E-state index is 0.0237. The van der Waals surface area contributed by atoms with E-state index in [4.69, 9.17) is 4.42 Å². The Kier molecular flexibility index (Phi) is 17.4. The maximum absolute atomic E-state index is 14.6. The molecular weight excluding hydrogens is 1100 g/mol. The molecule has 12 nitrogen and oxygen atoms in total. The third-order valence-electron chi connectivity index (χ3n) is 10.8. The molecule has 6 N–H and O–H groups in total. The number of likely N-dealkylation sites (tertiary alicyclic amines) is 2. The van der Waals surface area contributed by atoms with Crippen LogP contribution in [0.4, 0.5) is 49.1 Å². The number of hydrogen-bond acceptors (Lipinski definition) is 10. The number of benzene rings is 4. The topological polar surface area (TPSA) is 146 Å². The van der Waals surface area contributed by atoms with E-state index in [1.54, 1.807) is 24.5 Å². The van der Waals surface area contributed by atoms with Crippen LogP contribution in [0.15, 0.2) is 83.5 Å². The van der Waals surface area contributed by atoms with E-state index in [-0.39, 0.29) is 55.2 Å². The van der Waals surface area contributed by atoms with Gasteiger partial charge in [0, 0.05) is 33.2 Å². The Bertz CT molecular complexity index is 2490. The van der Waals surface area contributed by atoms with Gasteiger partial charge in [-0.25, -0.2) is 26.3 Å². The molecule has 354 valence electrons. The number of unbranched alkanes of at least 4 members (excludes halogenated alkanes) is 1. The van der Waals surface area contributed by atoms with Gasteiger partial charge in [-0.1, -0.05) is 0 Å². The van der Waals surface area contributed by atoms with Gasteiger partial charge in [-0.2, -0.15) is 0 Å². The van der Waals surface area contributed by atoms with E-state index in [0.29, 0.717) is 26.7 Å². The van der Waals surface area contributed by atoms with Crippen molar-refractivity contribution in [3.05, 3.63) is 138 Å². The van der Waals surface area contributed by atoms with Crippen LogP contribution in [0, 0.1) is 42.0 Å². The van der Waals surface area contributed by atoms with Gasteiger partial charge in [0.15, 0.2) is 23.3 Å². The first-order chi connectivity index (χ1) is 31.3. The van der Waals surface area contributed by atoms with Crippen molar-refractivity contribution in [3.8, 4) is 0 Å². The molecule has 2 saturated heterocycles. The van der Waals surface area contributed by atoms with E-state index in [1.807, 2.05) is 65.3 Å². The predicted molar refractivity (Wildman–Crippen MR) is 255 cm³/mol. The average Bonchev–Trinajstić information content (AvgIpc) is 3.77. The second-order valence-electron chi connectivity index (χ2n) is 16.5. The fraction of sp³-hybridized carbons (Fsp3) is 0.348. The third kappa shape index (κ3) is 13.2. The Morgan fingerprint density at radius 1 is 0.667 bits per heavy atom. The van der Waals surface area contributed by atoms with Crippen molar-refractivity contribution >= 4 is 79.7 Å². The predicted octanol–water partition coefficient (Wildman–Crippen LogP) is 7.63. The molecule has 0 radical (unpaired) electrons. The molecule has 0 spiro atoms. The van der Waals surface area contributed by atoms with Gasteiger partial charge >= 0.3 is 0 Å². The van der Waals surface area contributed by atoms with E-state index >= 15 is 0 Å². The Balaban J connectivity index is 0.000000218. The number of amides is 2. The number of nitrogens with one attached hydrogen (secondary N) is 4. The number of carbonyl (C=O) groups excluding carboxylic acids is 2. The fourth-order valence-electron chi connectivity index (χ4n) is 7.32. The molecule has 0 aliphatic carbocycles. The van der Waals surface area contributed by atoms with E-state index in [1.165, 1.54) is 34.1 Å². The third-order valence-corrected chi connectivity index (χ3v) is 12.1. The van der Waals surface area contributed by atoms with Crippen LogP contribution in [0.25, 0.3) is 0 Å². The summed E-state index contributed by atoms with van der Waals surface area (Å²) in [6.07, 6.45) is 4.25. The van der Waals surface area contributed by atoms with Gasteiger partial charge in [0.25, 0.3) is 11.8 Å². The molecule has 3 heterocycles. The van der Waals surface area contributed by atoms with Crippen molar-refractivity contribution < 1.29 is 50.6 Å². The minimum Gasteiger partial charge on any atom is -0.469 e. The van der Waals surface area contributed by atoms with Gasteiger partial charge in [-0.3, -0.25) is 9.59 Å². The number of rotatable bonds is 18. The molecule has 1 aromatic heterocycles. The molecule has 66 heavy (non-hydrogen) atoms. The summed E-state index contributed by atoms with van der Waals surface area (Å²) >= 11 is 3.86. The lowest BCUT2D eigenvalue weighted by Gasteiger charge is -2.46. The van der Waals surface area contributed by atoms with Gasteiger partial charge in [0.1, 0.15) is 28.6 Å². The Hall–Kier alpha value is -4.46. The highest BCUT2D eigenvalue weighted by molar-refractivity contribution is 14.1. The quantitative estimate of drug-likeness (QED) is 0.0295. The van der Waals surface area contributed by atoms with Crippen LogP contribution in [0.5, 0.6) is 0 Å². The summed E-state index contributed by atoms with van der Waals surface area (Å²) in [4.78, 5) is 30.7. The molecular formula is C46H49F6I2N7O5. The molecule has 7 rings (SSSR count). The number of anilines is 4. The number of carbonyl (C=O) groups is 2. The second kappa shape index (κ2) is 22.6. The molecule has 2 aliphatic rings. The van der Waals surface area contributed by atoms with E-state index in [9.17, 15) is 46.1 Å². The first-order valence-corrected chi connectivity index (χ1v) is 23.0. The normalized spacial score (nSPS) is 14.9. The van der Waals surface area contributed by atoms with Gasteiger partial charge in [-0.15, -0.1) is 0 Å². The molecule has 0 atom stereocenters. The van der Waals surface area contributed by atoms with E-state index in [2.05, 4.69) is 26.2 Å². The second-order valence-corrected chi connectivity index (χ2v) is 19.0. The van der Waals surface area contributed by atoms with Crippen molar-refractivity contribution in [2.45, 2.75) is 30.5 Å². The molecule has 2 fully saturated rings. The lowest BCUT2D eigenvalue weighted by molar-refractivity contribution is -0.0784. The monoisotopic (exact) mass is 1150 g/mol. The maximum Gasteiger partial charge on any atom is 0.256 e. The minimum atomic E-state index is -1.28. The van der Waals surface area contributed by atoms with Crippen LogP contribution in [0.1, 0.15) is 39.3 Å². The van der Waals surface area contributed by atoms with Crippen molar-refractivity contribution in [1.82, 2.24) is 25.3 Å². The van der Waals surface area contributed by atoms with Gasteiger partial charge in [0.05, 0.1) is 66.3 Å². The average molecular weight is 1150 g/mol. The summed E-state index contributed by atoms with van der Waals surface area (Å²) < 4.78 is 92.0. The largest absolute Gasteiger partial charge is 0.469 e. The van der Waals surface area contributed by atoms with Gasteiger partial charge in [-0.05, 0) is 158 Å². The lowest BCUT2D eigenvalue weighted by atomic mass is 9.92. The highest BCUT2D eigenvalue weighted by Gasteiger charge is 2.45. The number of furan rings is 1. The summed E-state index contributed by atoms with van der Waals surface area (Å²) in [5, 5.41) is 32.6. The fourth-order valence-corrected chi connectivity index (χ4v) is 8.23. The highest BCUT2D eigenvalue weighted by Crippen LogP contribution is 2.34. The zero-order chi connectivity index (χ0) is 47.8. The van der Waals surface area contributed by atoms with Gasteiger partial charge in [0.2, 0.25) is 0 Å². The molecule has 0 saturated carbocycles. The lowest BCUT2D eigenvalue weighted by Crippen LogP contribution is -2.67. The summed E-state index contributed by atoms with van der Waals surface area (Å²) in [6, 6.07) is 16.1.